The number of nitrogens with one attached hydrogen (secondary N) is 1. The van der Waals surface area contributed by atoms with Gasteiger partial charge in [-0.15, -0.1) is 0 Å². The summed E-state index contributed by atoms with van der Waals surface area (Å²) in [4.78, 5) is 0. The van der Waals surface area contributed by atoms with Gasteiger partial charge in [-0.2, -0.15) is 0 Å². The summed E-state index contributed by atoms with van der Waals surface area (Å²) in [6.07, 6.45) is 8.11. The maximum Gasteiger partial charge on any atom is 0.0465 e. The highest BCUT2D eigenvalue weighted by Gasteiger charge is 2.29. The van der Waals surface area contributed by atoms with Crippen LogP contribution >= 0.6 is 0 Å². The van der Waals surface area contributed by atoms with Crippen LogP contribution in [0, 0.1) is 17.8 Å². The van der Waals surface area contributed by atoms with Gasteiger partial charge in [0, 0.05) is 19.8 Å². The third-order valence-electron chi connectivity index (χ3n) is 4.51. The van der Waals surface area contributed by atoms with Gasteiger partial charge >= 0.3 is 0 Å². The highest BCUT2D eigenvalue weighted by atomic mass is 16.5. The zero-order chi connectivity index (χ0) is 13.4. The van der Waals surface area contributed by atoms with Crippen molar-refractivity contribution in [2.45, 2.75) is 65.3 Å². The van der Waals surface area contributed by atoms with Crippen LogP contribution in [0.4, 0.5) is 0 Å². The molecule has 2 nitrogen and oxygen atoms in total. The Kier molecular flexibility index (Phi) is 7.92. The number of ether oxygens (including phenoxy) is 1. The molecule has 1 N–H and O–H groups in total. The van der Waals surface area contributed by atoms with Crippen LogP contribution in [0.5, 0.6) is 0 Å². The average molecular weight is 255 g/mol. The predicted molar refractivity (Wildman–Crippen MR) is 78.9 cm³/mol. The SMILES string of the molecule is CCCNC(C(C)CCOC)C1CCCC(C)C1. The van der Waals surface area contributed by atoms with Gasteiger partial charge in [0.1, 0.15) is 0 Å². The summed E-state index contributed by atoms with van der Waals surface area (Å²) < 4.78 is 5.25. The summed E-state index contributed by atoms with van der Waals surface area (Å²) in [6, 6.07) is 0.697. The minimum absolute atomic E-state index is 0.697. The van der Waals surface area contributed by atoms with Crippen LogP contribution in [-0.4, -0.2) is 26.3 Å². The van der Waals surface area contributed by atoms with Crippen molar-refractivity contribution in [1.29, 1.82) is 0 Å². The van der Waals surface area contributed by atoms with E-state index in [4.69, 9.17) is 4.74 Å². The van der Waals surface area contributed by atoms with Gasteiger partial charge in [0.25, 0.3) is 0 Å². The van der Waals surface area contributed by atoms with E-state index in [9.17, 15) is 0 Å². The molecule has 1 aliphatic carbocycles. The summed E-state index contributed by atoms with van der Waals surface area (Å²) >= 11 is 0. The Hall–Kier alpha value is -0.0800. The lowest BCUT2D eigenvalue weighted by molar-refractivity contribution is 0.138. The normalized spacial score (nSPS) is 28.0. The van der Waals surface area contributed by atoms with Gasteiger partial charge in [-0.1, -0.05) is 33.6 Å². The Labute approximate surface area is 114 Å². The summed E-state index contributed by atoms with van der Waals surface area (Å²) in [6.45, 7) is 9.13. The van der Waals surface area contributed by atoms with Crippen molar-refractivity contribution < 1.29 is 4.74 Å². The van der Waals surface area contributed by atoms with E-state index in [0.29, 0.717) is 6.04 Å². The molecule has 1 fully saturated rings. The minimum atomic E-state index is 0.697. The maximum absolute atomic E-state index is 5.25. The second kappa shape index (κ2) is 8.92. The molecular weight excluding hydrogens is 222 g/mol. The first-order valence-electron chi connectivity index (χ1n) is 7.91. The molecule has 108 valence electrons. The first-order chi connectivity index (χ1) is 8.69. The Morgan fingerprint density at radius 2 is 2.11 bits per heavy atom. The van der Waals surface area contributed by atoms with Crippen molar-refractivity contribution in [2.75, 3.05) is 20.3 Å². The third kappa shape index (κ3) is 5.27. The molecule has 0 saturated heterocycles. The standard InChI is InChI=1S/C16H33NO/c1-5-10-17-16(14(3)9-11-18-4)15-8-6-7-13(2)12-15/h13-17H,5-12H2,1-4H3. The molecule has 0 spiro atoms. The first kappa shape index (κ1) is 16.0. The number of rotatable bonds is 8. The monoisotopic (exact) mass is 255 g/mol. The van der Waals surface area contributed by atoms with Gasteiger partial charge < -0.3 is 10.1 Å². The zero-order valence-corrected chi connectivity index (χ0v) is 12.9. The molecule has 0 aliphatic heterocycles. The maximum atomic E-state index is 5.25. The molecule has 0 amide bonds. The summed E-state index contributed by atoms with van der Waals surface area (Å²) in [5.41, 5.74) is 0. The molecular formula is C16H33NO. The van der Waals surface area contributed by atoms with E-state index in [-0.39, 0.29) is 0 Å². The topological polar surface area (TPSA) is 21.3 Å². The molecule has 1 rings (SSSR count). The molecule has 0 radical (unpaired) electrons. The Morgan fingerprint density at radius 1 is 1.33 bits per heavy atom. The third-order valence-corrected chi connectivity index (χ3v) is 4.51. The highest BCUT2D eigenvalue weighted by molar-refractivity contribution is 4.84. The number of hydrogen-bond acceptors (Lipinski definition) is 2. The van der Waals surface area contributed by atoms with E-state index >= 15 is 0 Å². The van der Waals surface area contributed by atoms with Gasteiger partial charge in [-0.3, -0.25) is 0 Å². The fourth-order valence-electron chi connectivity index (χ4n) is 3.43. The lowest BCUT2D eigenvalue weighted by Crippen LogP contribution is -2.43. The predicted octanol–water partition coefficient (Wildman–Crippen LogP) is 3.85. The molecule has 0 heterocycles. The quantitative estimate of drug-likeness (QED) is 0.711. The first-order valence-corrected chi connectivity index (χ1v) is 7.91. The average Bonchev–Trinajstić information content (AvgIpc) is 2.37. The van der Waals surface area contributed by atoms with Gasteiger partial charge in [0.15, 0.2) is 0 Å². The molecule has 0 aromatic rings. The van der Waals surface area contributed by atoms with E-state index < -0.39 is 0 Å². The van der Waals surface area contributed by atoms with Crippen molar-refractivity contribution in [2.24, 2.45) is 17.8 Å². The van der Waals surface area contributed by atoms with Crippen LogP contribution in [0.1, 0.15) is 59.3 Å². The van der Waals surface area contributed by atoms with Gasteiger partial charge in [0.05, 0.1) is 0 Å². The summed E-state index contributed by atoms with van der Waals surface area (Å²) in [7, 11) is 1.81. The fourth-order valence-corrected chi connectivity index (χ4v) is 3.43. The van der Waals surface area contributed by atoms with E-state index in [1.54, 1.807) is 0 Å². The number of methoxy groups -OCH3 is 1. The molecule has 18 heavy (non-hydrogen) atoms. The molecule has 4 unspecified atom stereocenters. The van der Waals surface area contributed by atoms with Crippen molar-refractivity contribution in [3.63, 3.8) is 0 Å². The highest BCUT2D eigenvalue weighted by Crippen LogP contribution is 2.33. The van der Waals surface area contributed by atoms with Crippen LogP contribution in [0.3, 0.4) is 0 Å². The van der Waals surface area contributed by atoms with Gasteiger partial charge in [-0.25, -0.2) is 0 Å². The van der Waals surface area contributed by atoms with E-state index in [0.717, 1.165) is 30.9 Å². The summed E-state index contributed by atoms with van der Waals surface area (Å²) in [5, 5.41) is 3.81. The largest absolute Gasteiger partial charge is 0.385 e. The second-order valence-corrected chi connectivity index (χ2v) is 6.27. The Balaban J connectivity index is 2.52. The van der Waals surface area contributed by atoms with Crippen molar-refractivity contribution in [3.8, 4) is 0 Å². The van der Waals surface area contributed by atoms with Crippen molar-refractivity contribution in [3.05, 3.63) is 0 Å². The molecule has 1 aliphatic rings. The molecule has 0 bridgehead atoms. The van der Waals surface area contributed by atoms with Crippen LogP contribution in [0.15, 0.2) is 0 Å². The molecule has 4 atom stereocenters. The second-order valence-electron chi connectivity index (χ2n) is 6.27. The molecule has 0 aromatic carbocycles. The molecule has 0 aromatic heterocycles. The number of hydrogen-bond donors (Lipinski definition) is 1. The Morgan fingerprint density at radius 3 is 2.72 bits per heavy atom. The lowest BCUT2D eigenvalue weighted by atomic mass is 9.74. The fraction of sp³-hybridized carbons (Fsp3) is 1.00. The van der Waals surface area contributed by atoms with Gasteiger partial charge in [0.2, 0.25) is 0 Å². The summed E-state index contributed by atoms with van der Waals surface area (Å²) in [5.74, 6) is 2.53. The van der Waals surface area contributed by atoms with Gasteiger partial charge in [-0.05, 0) is 50.0 Å². The van der Waals surface area contributed by atoms with E-state index in [1.807, 2.05) is 7.11 Å². The molecule has 2 heteroatoms. The smallest absolute Gasteiger partial charge is 0.0465 e. The van der Waals surface area contributed by atoms with Crippen LogP contribution in [0.2, 0.25) is 0 Å². The molecule has 1 saturated carbocycles. The zero-order valence-electron chi connectivity index (χ0n) is 12.9. The van der Waals surface area contributed by atoms with Crippen molar-refractivity contribution >= 4 is 0 Å². The van der Waals surface area contributed by atoms with Crippen LogP contribution < -0.4 is 5.32 Å². The lowest BCUT2D eigenvalue weighted by Gasteiger charge is -2.37. The van der Waals surface area contributed by atoms with Crippen LogP contribution in [-0.2, 0) is 4.74 Å². The Bertz CT molecular complexity index is 207. The van der Waals surface area contributed by atoms with Crippen molar-refractivity contribution in [1.82, 2.24) is 5.32 Å². The minimum Gasteiger partial charge on any atom is -0.385 e. The van der Waals surface area contributed by atoms with E-state index in [2.05, 4.69) is 26.1 Å². The van der Waals surface area contributed by atoms with E-state index in [1.165, 1.54) is 38.5 Å². The van der Waals surface area contributed by atoms with Crippen LogP contribution in [0.25, 0.3) is 0 Å².